The number of ether oxygens (including phenoxy) is 2. The highest BCUT2D eigenvalue weighted by atomic mass is 19.2. The number of nitrogens with zero attached hydrogens (tertiary/aromatic N) is 1. The topological polar surface area (TPSA) is 31.4 Å². The molecule has 2 heterocycles. The van der Waals surface area contributed by atoms with Crippen LogP contribution in [0, 0.1) is 29.4 Å². The fourth-order valence-corrected chi connectivity index (χ4v) is 2.53. The van der Waals surface area contributed by atoms with Crippen LogP contribution in [0.4, 0.5) is 8.78 Å². The van der Waals surface area contributed by atoms with Gasteiger partial charge in [0.2, 0.25) is 6.29 Å². The van der Waals surface area contributed by atoms with E-state index >= 15 is 0 Å². The number of benzene rings is 1. The lowest BCUT2D eigenvalue weighted by Gasteiger charge is -2.25. The smallest absolute Gasteiger partial charge is 0.222 e. The Kier molecular flexibility index (Phi) is 6.11. The van der Waals surface area contributed by atoms with Gasteiger partial charge in [-0.1, -0.05) is 18.1 Å². The molecule has 2 aromatic rings. The molecule has 0 radical (unpaired) electrons. The van der Waals surface area contributed by atoms with Crippen LogP contribution in [0.25, 0.3) is 11.3 Å². The van der Waals surface area contributed by atoms with Crippen LogP contribution in [0.3, 0.4) is 0 Å². The summed E-state index contributed by atoms with van der Waals surface area (Å²) in [6.45, 7) is 3.23. The monoisotopic (exact) mass is 355 g/mol. The van der Waals surface area contributed by atoms with Gasteiger partial charge in [-0.25, -0.2) is 8.78 Å². The Labute approximate surface area is 151 Å². The van der Waals surface area contributed by atoms with Crippen molar-refractivity contribution in [1.29, 1.82) is 0 Å². The third-order valence-electron chi connectivity index (χ3n) is 3.98. The molecule has 0 unspecified atom stereocenters. The number of hydrogen-bond acceptors (Lipinski definition) is 3. The minimum Gasteiger partial charge on any atom is -0.342 e. The van der Waals surface area contributed by atoms with E-state index in [2.05, 4.69) is 22.9 Å². The van der Waals surface area contributed by atoms with Crippen molar-refractivity contribution < 1.29 is 18.3 Å². The third-order valence-corrected chi connectivity index (χ3v) is 3.98. The summed E-state index contributed by atoms with van der Waals surface area (Å²) in [5.41, 5.74) is 1.75. The quantitative estimate of drug-likeness (QED) is 0.606. The maximum absolute atomic E-state index is 13.3. The summed E-state index contributed by atoms with van der Waals surface area (Å²) < 4.78 is 37.5. The van der Waals surface area contributed by atoms with Gasteiger partial charge in [-0.2, -0.15) is 0 Å². The van der Waals surface area contributed by atoms with Crippen molar-refractivity contribution in [2.24, 2.45) is 5.92 Å². The van der Waals surface area contributed by atoms with Crippen LogP contribution in [-0.4, -0.2) is 24.5 Å². The molecule has 0 spiro atoms. The van der Waals surface area contributed by atoms with Gasteiger partial charge >= 0.3 is 0 Å². The van der Waals surface area contributed by atoms with Crippen molar-refractivity contribution in [3.63, 3.8) is 0 Å². The highest BCUT2D eigenvalue weighted by molar-refractivity contribution is 5.59. The molecule has 0 aliphatic carbocycles. The van der Waals surface area contributed by atoms with Gasteiger partial charge in [-0.15, -0.1) is 0 Å². The zero-order valence-corrected chi connectivity index (χ0v) is 14.4. The normalized spacial score (nSPS) is 20.0. The summed E-state index contributed by atoms with van der Waals surface area (Å²) in [4.78, 5) is 4.25. The number of aromatic nitrogens is 1. The molecule has 0 amide bonds. The van der Waals surface area contributed by atoms with Gasteiger partial charge in [0.1, 0.15) is 0 Å². The standard InChI is InChI=1S/C21H19F2NO2/c1-2-3-4-16-13-25-21(26-14-16)10-6-15-5-9-20(24-12-15)17-7-8-18(22)19(23)11-17/h2-3,5,7-9,11-12,16,21H,4,13-14H2,1H3/b3-2+. The highest BCUT2D eigenvalue weighted by Crippen LogP contribution is 2.20. The second kappa shape index (κ2) is 8.70. The minimum absolute atomic E-state index is 0.362. The number of halogens is 2. The van der Waals surface area contributed by atoms with Crippen LogP contribution in [0.2, 0.25) is 0 Å². The molecule has 1 aliphatic rings. The Bertz CT molecular complexity index is 829. The fourth-order valence-electron chi connectivity index (χ4n) is 2.53. The third kappa shape index (κ3) is 4.75. The molecule has 1 fully saturated rings. The Balaban J connectivity index is 1.60. The Morgan fingerprint density at radius 2 is 1.96 bits per heavy atom. The molecule has 26 heavy (non-hydrogen) atoms. The van der Waals surface area contributed by atoms with Crippen molar-refractivity contribution in [2.75, 3.05) is 13.2 Å². The predicted octanol–water partition coefficient (Wildman–Crippen LogP) is 4.33. The summed E-state index contributed by atoms with van der Waals surface area (Å²) in [7, 11) is 0. The van der Waals surface area contributed by atoms with Gasteiger partial charge in [0.25, 0.3) is 0 Å². The van der Waals surface area contributed by atoms with E-state index in [0.29, 0.717) is 36.0 Å². The van der Waals surface area contributed by atoms with Gasteiger partial charge in [-0.3, -0.25) is 4.98 Å². The van der Waals surface area contributed by atoms with Crippen molar-refractivity contribution in [3.05, 3.63) is 65.9 Å². The SMILES string of the molecule is C/C=C/CC1COC(C#Cc2ccc(-c3ccc(F)c(F)c3)nc2)OC1. The molecule has 1 aliphatic heterocycles. The Morgan fingerprint density at radius 3 is 2.62 bits per heavy atom. The first kappa shape index (κ1) is 18.2. The molecule has 0 bridgehead atoms. The van der Waals surface area contributed by atoms with E-state index in [1.807, 2.05) is 13.0 Å². The Hall–Kier alpha value is -2.55. The van der Waals surface area contributed by atoms with E-state index in [1.54, 1.807) is 18.3 Å². The van der Waals surface area contributed by atoms with E-state index in [-0.39, 0.29) is 0 Å². The highest BCUT2D eigenvalue weighted by Gasteiger charge is 2.19. The lowest BCUT2D eigenvalue weighted by Crippen LogP contribution is -2.30. The molecule has 1 aromatic carbocycles. The van der Waals surface area contributed by atoms with Crippen LogP contribution in [-0.2, 0) is 9.47 Å². The van der Waals surface area contributed by atoms with Gasteiger partial charge in [0.05, 0.1) is 18.9 Å². The molecule has 5 heteroatoms. The molecular weight excluding hydrogens is 336 g/mol. The van der Waals surface area contributed by atoms with E-state index in [1.165, 1.54) is 6.07 Å². The van der Waals surface area contributed by atoms with Crippen LogP contribution >= 0.6 is 0 Å². The average Bonchev–Trinajstić information content (AvgIpc) is 2.68. The van der Waals surface area contributed by atoms with Gasteiger partial charge in [0.15, 0.2) is 11.6 Å². The van der Waals surface area contributed by atoms with Crippen molar-refractivity contribution in [2.45, 2.75) is 19.6 Å². The number of rotatable bonds is 3. The largest absolute Gasteiger partial charge is 0.342 e. The molecule has 3 nitrogen and oxygen atoms in total. The van der Waals surface area contributed by atoms with Gasteiger partial charge in [0, 0.05) is 23.2 Å². The number of pyridine rings is 1. The second-order valence-corrected chi connectivity index (χ2v) is 6.00. The number of hydrogen-bond donors (Lipinski definition) is 0. The first-order chi connectivity index (χ1) is 12.7. The molecule has 3 rings (SSSR count). The summed E-state index contributed by atoms with van der Waals surface area (Å²) in [6.07, 6.45) is 6.10. The first-order valence-corrected chi connectivity index (χ1v) is 8.43. The van der Waals surface area contributed by atoms with Gasteiger partial charge < -0.3 is 9.47 Å². The molecule has 134 valence electrons. The van der Waals surface area contributed by atoms with E-state index in [0.717, 1.165) is 18.6 Å². The lowest BCUT2D eigenvalue weighted by atomic mass is 10.1. The predicted molar refractivity (Wildman–Crippen MR) is 95.1 cm³/mol. The van der Waals surface area contributed by atoms with Crippen LogP contribution in [0.1, 0.15) is 18.9 Å². The zero-order chi connectivity index (χ0) is 18.4. The lowest BCUT2D eigenvalue weighted by molar-refractivity contribution is -0.168. The molecule has 0 N–H and O–H groups in total. The maximum Gasteiger partial charge on any atom is 0.222 e. The minimum atomic E-state index is -0.896. The van der Waals surface area contributed by atoms with Gasteiger partial charge in [-0.05, 0) is 49.6 Å². The zero-order valence-electron chi connectivity index (χ0n) is 14.4. The molecule has 1 aromatic heterocycles. The van der Waals surface area contributed by atoms with Crippen LogP contribution in [0.5, 0.6) is 0 Å². The van der Waals surface area contributed by atoms with Crippen LogP contribution < -0.4 is 0 Å². The summed E-state index contributed by atoms with van der Waals surface area (Å²) >= 11 is 0. The Morgan fingerprint density at radius 1 is 1.15 bits per heavy atom. The van der Waals surface area contributed by atoms with Crippen LogP contribution in [0.15, 0.2) is 48.7 Å². The summed E-state index contributed by atoms with van der Waals surface area (Å²) in [5.74, 6) is 4.48. The van der Waals surface area contributed by atoms with Crippen molar-refractivity contribution in [3.8, 4) is 23.1 Å². The van der Waals surface area contributed by atoms with E-state index in [9.17, 15) is 8.78 Å². The van der Waals surface area contributed by atoms with Crippen molar-refractivity contribution in [1.82, 2.24) is 4.98 Å². The summed E-state index contributed by atoms with van der Waals surface area (Å²) in [6, 6.07) is 7.18. The van der Waals surface area contributed by atoms with Crippen molar-refractivity contribution >= 4 is 0 Å². The maximum atomic E-state index is 13.3. The average molecular weight is 355 g/mol. The molecule has 0 saturated carbocycles. The number of allylic oxidation sites excluding steroid dienone is 2. The molecule has 0 atom stereocenters. The van der Waals surface area contributed by atoms with E-state index in [4.69, 9.17) is 9.47 Å². The fraction of sp³-hybridized carbons (Fsp3) is 0.286. The first-order valence-electron chi connectivity index (χ1n) is 8.43. The molecule has 1 saturated heterocycles. The second-order valence-electron chi connectivity index (χ2n) is 6.00. The molecular formula is C21H19F2NO2. The van der Waals surface area contributed by atoms with E-state index < -0.39 is 17.9 Å². The summed E-state index contributed by atoms with van der Waals surface area (Å²) in [5, 5.41) is 0.